The Kier molecular flexibility index (Phi) is 5.25. The molecule has 1 aromatic heterocycles. The Hall–Kier alpha value is -2.36. The molecule has 1 aliphatic rings. The molecule has 3 rings (SSSR count). The number of aromatic nitrogens is 2. The van der Waals surface area contributed by atoms with Crippen LogP contribution in [0.4, 0.5) is 17.3 Å². The largest absolute Gasteiger partial charge is 0.370 e. The number of para-hydroxylation sites is 1. The van der Waals surface area contributed by atoms with Gasteiger partial charge in [-0.2, -0.15) is 0 Å². The number of anilines is 3. The van der Waals surface area contributed by atoms with Crippen LogP contribution in [0.15, 0.2) is 48.0 Å². The Morgan fingerprint density at radius 3 is 2.65 bits per heavy atom. The van der Waals surface area contributed by atoms with Gasteiger partial charge in [-0.3, -0.25) is 0 Å². The molecular formula is C19H24N4. The highest BCUT2D eigenvalue weighted by molar-refractivity contribution is 5.58. The summed E-state index contributed by atoms with van der Waals surface area (Å²) in [5, 5.41) is 6.75. The summed E-state index contributed by atoms with van der Waals surface area (Å²) in [7, 11) is 0. The first kappa shape index (κ1) is 15.5. The quantitative estimate of drug-likeness (QED) is 0.750. The summed E-state index contributed by atoms with van der Waals surface area (Å²) in [6.45, 7) is 2.85. The van der Waals surface area contributed by atoms with E-state index >= 15 is 0 Å². The first-order valence-electron chi connectivity index (χ1n) is 8.39. The molecule has 0 fully saturated rings. The first-order valence-corrected chi connectivity index (χ1v) is 8.39. The van der Waals surface area contributed by atoms with Crippen LogP contribution in [0, 0.1) is 6.92 Å². The number of hydrogen-bond acceptors (Lipinski definition) is 4. The lowest BCUT2D eigenvalue weighted by Crippen LogP contribution is -2.08. The zero-order chi connectivity index (χ0) is 15.9. The zero-order valence-electron chi connectivity index (χ0n) is 13.7. The van der Waals surface area contributed by atoms with Gasteiger partial charge in [0.2, 0.25) is 0 Å². The molecule has 0 aliphatic heterocycles. The van der Waals surface area contributed by atoms with Crippen LogP contribution in [0.25, 0.3) is 0 Å². The van der Waals surface area contributed by atoms with Crippen LogP contribution in [0.2, 0.25) is 0 Å². The van der Waals surface area contributed by atoms with Crippen LogP contribution in [-0.4, -0.2) is 16.5 Å². The fourth-order valence-electron chi connectivity index (χ4n) is 2.87. The summed E-state index contributed by atoms with van der Waals surface area (Å²) in [5.41, 5.74) is 2.61. The van der Waals surface area contributed by atoms with E-state index in [1.54, 1.807) is 5.57 Å². The summed E-state index contributed by atoms with van der Waals surface area (Å²) < 4.78 is 0. The minimum absolute atomic E-state index is 0.769. The third-order valence-electron chi connectivity index (χ3n) is 4.02. The molecule has 0 bridgehead atoms. The standard InChI is InChI=1S/C19H24N4/c1-15-21-18(20-13-12-16-8-4-2-5-9-16)14-19(22-15)23-17-10-6-3-7-11-17/h3,6-8,10-11,14H,2,4-5,9,12-13H2,1H3,(H2,20,21,22,23). The third-order valence-corrected chi connectivity index (χ3v) is 4.02. The molecule has 0 radical (unpaired) electrons. The van der Waals surface area contributed by atoms with E-state index < -0.39 is 0 Å². The number of hydrogen-bond donors (Lipinski definition) is 2. The topological polar surface area (TPSA) is 49.8 Å². The SMILES string of the molecule is Cc1nc(NCCC2=CCCCC2)cc(Nc2ccccc2)n1. The minimum Gasteiger partial charge on any atom is -0.370 e. The molecule has 0 atom stereocenters. The fraction of sp³-hybridized carbons (Fsp3) is 0.368. The fourth-order valence-corrected chi connectivity index (χ4v) is 2.87. The van der Waals surface area contributed by atoms with Gasteiger partial charge in [-0.15, -0.1) is 0 Å². The summed E-state index contributed by atoms with van der Waals surface area (Å²) in [6, 6.07) is 12.0. The monoisotopic (exact) mass is 308 g/mol. The smallest absolute Gasteiger partial charge is 0.136 e. The van der Waals surface area contributed by atoms with Crippen LogP contribution < -0.4 is 10.6 Å². The van der Waals surface area contributed by atoms with Crippen molar-refractivity contribution in [3.05, 3.63) is 53.9 Å². The summed E-state index contributed by atoms with van der Waals surface area (Å²) in [6.07, 6.45) is 8.68. The highest BCUT2D eigenvalue weighted by Gasteiger charge is 2.05. The molecule has 1 heterocycles. The first-order chi connectivity index (χ1) is 11.3. The van der Waals surface area contributed by atoms with Crippen molar-refractivity contribution >= 4 is 17.3 Å². The van der Waals surface area contributed by atoms with E-state index in [0.717, 1.165) is 36.1 Å². The van der Waals surface area contributed by atoms with Crippen molar-refractivity contribution in [2.24, 2.45) is 0 Å². The zero-order valence-corrected chi connectivity index (χ0v) is 13.7. The highest BCUT2D eigenvalue weighted by atomic mass is 15.1. The van der Waals surface area contributed by atoms with Crippen molar-refractivity contribution < 1.29 is 0 Å². The summed E-state index contributed by atoms with van der Waals surface area (Å²) in [4.78, 5) is 8.93. The Bertz CT molecular complexity index is 664. The predicted octanol–water partition coefficient (Wildman–Crippen LogP) is 4.83. The minimum atomic E-state index is 0.769. The lowest BCUT2D eigenvalue weighted by molar-refractivity contribution is 0.679. The Labute approximate surface area is 138 Å². The number of allylic oxidation sites excluding steroid dienone is 1. The van der Waals surface area contributed by atoms with Gasteiger partial charge in [0.05, 0.1) is 0 Å². The van der Waals surface area contributed by atoms with E-state index in [0.29, 0.717) is 0 Å². The molecule has 2 N–H and O–H groups in total. The average molecular weight is 308 g/mol. The summed E-state index contributed by atoms with van der Waals surface area (Å²) >= 11 is 0. The molecule has 1 aliphatic carbocycles. The van der Waals surface area contributed by atoms with Gasteiger partial charge in [0.15, 0.2) is 0 Å². The molecular weight excluding hydrogens is 284 g/mol. The van der Waals surface area contributed by atoms with Gasteiger partial charge in [-0.05, 0) is 51.2 Å². The van der Waals surface area contributed by atoms with Gasteiger partial charge >= 0.3 is 0 Å². The number of nitrogens with zero attached hydrogens (tertiary/aromatic N) is 2. The van der Waals surface area contributed by atoms with Gasteiger partial charge < -0.3 is 10.6 Å². The van der Waals surface area contributed by atoms with Gasteiger partial charge in [-0.25, -0.2) is 9.97 Å². The van der Waals surface area contributed by atoms with Gasteiger partial charge in [-0.1, -0.05) is 29.8 Å². The molecule has 23 heavy (non-hydrogen) atoms. The van der Waals surface area contributed by atoms with Crippen molar-refractivity contribution in [2.45, 2.75) is 39.0 Å². The number of rotatable bonds is 6. The van der Waals surface area contributed by atoms with Crippen molar-refractivity contribution in [3.63, 3.8) is 0 Å². The Morgan fingerprint density at radius 1 is 1.04 bits per heavy atom. The van der Waals surface area contributed by atoms with E-state index in [1.165, 1.54) is 25.7 Å². The highest BCUT2D eigenvalue weighted by Crippen LogP contribution is 2.21. The Morgan fingerprint density at radius 2 is 1.87 bits per heavy atom. The van der Waals surface area contributed by atoms with Crippen molar-refractivity contribution in [2.75, 3.05) is 17.2 Å². The van der Waals surface area contributed by atoms with Crippen molar-refractivity contribution in [1.29, 1.82) is 0 Å². The van der Waals surface area contributed by atoms with E-state index in [9.17, 15) is 0 Å². The van der Waals surface area contributed by atoms with Crippen LogP contribution in [0.3, 0.4) is 0 Å². The van der Waals surface area contributed by atoms with E-state index in [2.05, 4.69) is 26.7 Å². The van der Waals surface area contributed by atoms with E-state index in [4.69, 9.17) is 0 Å². The van der Waals surface area contributed by atoms with Gasteiger partial charge in [0.1, 0.15) is 17.5 Å². The molecule has 1 aromatic carbocycles. The number of nitrogens with one attached hydrogen (secondary N) is 2. The van der Waals surface area contributed by atoms with Crippen molar-refractivity contribution in [1.82, 2.24) is 9.97 Å². The lowest BCUT2D eigenvalue weighted by Gasteiger charge is -2.14. The molecule has 0 spiro atoms. The maximum Gasteiger partial charge on any atom is 0.136 e. The molecule has 120 valence electrons. The molecule has 2 aromatic rings. The van der Waals surface area contributed by atoms with Crippen LogP contribution >= 0.6 is 0 Å². The molecule has 4 nitrogen and oxygen atoms in total. The Balaban J connectivity index is 1.60. The third kappa shape index (κ3) is 4.81. The van der Waals surface area contributed by atoms with Crippen LogP contribution in [-0.2, 0) is 0 Å². The molecule has 4 heteroatoms. The summed E-state index contributed by atoms with van der Waals surface area (Å²) in [5.74, 6) is 2.47. The second kappa shape index (κ2) is 7.77. The second-order valence-corrected chi connectivity index (χ2v) is 5.96. The van der Waals surface area contributed by atoms with Gasteiger partial charge in [0, 0.05) is 18.3 Å². The molecule has 0 saturated heterocycles. The normalized spacial score (nSPS) is 14.2. The maximum atomic E-state index is 4.48. The average Bonchev–Trinajstić information content (AvgIpc) is 2.56. The van der Waals surface area contributed by atoms with Gasteiger partial charge in [0.25, 0.3) is 0 Å². The lowest BCUT2D eigenvalue weighted by atomic mass is 9.97. The van der Waals surface area contributed by atoms with Crippen LogP contribution in [0.1, 0.15) is 37.9 Å². The molecule has 0 unspecified atom stereocenters. The van der Waals surface area contributed by atoms with E-state index in [1.807, 2.05) is 43.3 Å². The van der Waals surface area contributed by atoms with E-state index in [-0.39, 0.29) is 0 Å². The van der Waals surface area contributed by atoms with Crippen LogP contribution in [0.5, 0.6) is 0 Å². The molecule has 0 saturated carbocycles. The molecule has 0 amide bonds. The predicted molar refractivity (Wildman–Crippen MR) is 96.2 cm³/mol. The number of benzene rings is 1. The second-order valence-electron chi connectivity index (χ2n) is 5.96. The maximum absolute atomic E-state index is 4.48. The van der Waals surface area contributed by atoms with Crippen molar-refractivity contribution in [3.8, 4) is 0 Å². The number of aryl methyl sites for hydroxylation is 1.